The summed E-state index contributed by atoms with van der Waals surface area (Å²) in [5.74, 6) is 2.54. The number of hydrogen-bond donors (Lipinski definition) is 1. The lowest BCUT2D eigenvalue weighted by Gasteiger charge is -2.37. The average Bonchev–Trinajstić information content (AvgIpc) is 3.15. The van der Waals surface area contributed by atoms with Crippen molar-refractivity contribution in [3.8, 4) is 0 Å². The van der Waals surface area contributed by atoms with Crippen LogP contribution in [0.4, 0.5) is 5.82 Å². The summed E-state index contributed by atoms with van der Waals surface area (Å²) < 4.78 is 0. The number of hydrogen-bond acceptors (Lipinski definition) is 5. The summed E-state index contributed by atoms with van der Waals surface area (Å²) in [6.45, 7) is 9.05. The maximum absolute atomic E-state index is 4.70. The molecule has 1 N–H and O–H groups in total. The van der Waals surface area contributed by atoms with Crippen LogP contribution in [0.25, 0.3) is 0 Å². The van der Waals surface area contributed by atoms with E-state index in [1.165, 1.54) is 10.7 Å². The second kappa shape index (κ2) is 10.8. The highest BCUT2D eigenvalue weighted by Crippen LogP contribution is 2.19. The molecular formula is C19H29IN6S. The largest absolute Gasteiger partial charge is 0.356 e. The van der Waals surface area contributed by atoms with Gasteiger partial charge >= 0.3 is 0 Å². The summed E-state index contributed by atoms with van der Waals surface area (Å²) in [6, 6.07) is 6.07. The van der Waals surface area contributed by atoms with Crippen LogP contribution in [0.1, 0.15) is 30.5 Å². The number of rotatable bonds is 5. The van der Waals surface area contributed by atoms with Gasteiger partial charge in [-0.25, -0.2) is 9.97 Å². The van der Waals surface area contributed by atoms with Gasteiger partial charge in [0.05, 0.1) is 10.7 Å². The first-order valence-corrected chi connectivity index (χ1v) is 10.1. The van der Waals surface area contributed by atoms with E-state index in [9.17, 15) is 0 Å². The minimum Gasteiger partial charge on any atom is -0.356 e. The number of aromatic nitrogens is 2. The van der Waals surface area contributed by atoms with Crippen LogP contribution in [0, 0.1) is 0 Å². The Hall–Kier alpha value is -1.42. The Kier molecular flexibility index (Phi) is 8.75. The number of nitrogens with zero attached hydrogens (tertiary/aromatic N) is 5. The van der Waals surface area contributed by atoms with Gasteiger partial charge in [0.2, 0.25) is 0 Å². The smallest absolute Gasteiger partial charge is 0.193 e. The van der Waals surface area contributed by atoms with Crippen LogP contribution < -0.4 is 10.2 Å². The zero-order valence-corrected chi connectivity index (χ0v) is 19.4. The van der Waals surface area contributed by atoms with E-state index in [4.69, 9.17) is 4.98 Å². The molecular weight excluding hydrogens is 471 g/mol. The van der Waals surface area contributed by atoms with E-state index in [0.29, 0.717) is 5.92 Å². The molecule has 2 aromatic heterocycles. The molecule has 3 heterocycles. The van der Waals surface area contributed by atoms with Crippen molar-refractivity contribution in [2.45, 2.75) is 26.2 Å². The summed E-state index contributed by atoms with van der Waals surface area (Å²) in [7, 11) is 1.85. The van der Waals surface area contributed by atoms with Crippen LogP contribution in [0.3, 0.4) is 0 Å². The van der Waals surface area contributed by atoms with E-state index in [-0.39, 0.29) is 24.0 Å². The van der Waals surface area contributed by atoms with Crippen molar-refractivity contribution in [1.82, 2.24) is 20.2 Å². The summed E-state index contributed by atoms with van der Waals surface area (Å²) in [5, 5.41) is 6.88. The number of aliphatic imine (C=N–C) groups is 1. The van der Waals surface area contributed by atoms with Crippen LogP contribution >= 0.6 is 35.3 Å². The van der Waals surface area contributed by atoms with E-state index in [1.807, 2.05) is 25.4 Å². The van der Waals surface area contributed by atoms with Crippen molar-refractivity contribution in [2.24, 2.45) is 4.99 Å². The number of piperazine rings is 1. The Morgan fingerprint density at radius 1 is 1.26 bits per heavy atom. The molecule has 8 heteroatoms. The lowest BCUT2D eigenvalue weighted by atomic mass is 10.2. The highest BCUT2D eigenvalue weighted by Gasteiger charge is 2.20. The van der Waals surface area contributed by atoms with Gasteiger partial charge < -0.3 is 15.1 Å². The third-order valence-electron chi connectivity index (χ3n) is 4.49. The number of nitrogens with one attached hydrogen (secondary N) is 1. The molecule has 0 aliphatic carbocycles. The van der Waals surface area contributed by atoms with E-state index in [1.54, 1.807) is 11.3 Å². The first kappa shape index (κ1) is 21.9. The zero-order valence-electron chi connectivity index (χ0n) is 16.3. The second-order valence-electron chi connectivity index (χ2n) is 6.72. The molecule has 3 rings (SSSR count). The molecule has 0 spiro atoms. The fourth-order valence-corrected chi connectivity index (χ4v) is 3.89. The molecule has 0 saturated carbocycles. The van der Waals surface area contributed by atoms with Gasteiger partial charge in [0, 0.05) is 63.7 Å². The molecule has 148 valence electrons. The number of guanidine groups is 1. The molecule has 0 unspecified atom stereocenters. The van der Waals surface area contributed by atoms with Gasteiger partial charge in [0.1, 0.15) is 5.82 Å². The van der Waals surface area contributed by atoms with Gasteiger partial charge in [-0.2, -0.15) is 0 Å². The molecule has 2 aromatic rings. The fourth-order valence-electron chi connectivity index (χ4n) is 3.03. The summed E-state index contributed by atoms with van der Waals surface area (Å²) in [4.78, 5) is 18.2. The van der Waals surface area contributed by atoms with Crippen molar-refractivity contribution >= 4 is 47.1 Å². The Labute approximate surface area is 183 Å². The SMILES string of the molecule is CN=C(NCCc1csc(C(C)C)n1)N1CCN(c2ccccn2)CC1.I. The van der Waals surface area contributed by atoms with Gasteiger partial charge in [-0.15, -0.1) is 35.3 Å². The molecule has 0 radical (unpaired) electrons. The fraction of sp³-hybridized carbons (Fsp3) is 0.526. The minimum atomic E-state index is 0. The predicted molar refractivity (Wildman–Crippen MR) is 125 cm³/mol. The van der Waals surface area contributed by atoms with Crippen LogP contribution in [0.5, 0.6) is 0 Å². The third-order valence-corrected chi connectivity index (χ3v) is 5.69. The van der Waals surface area contributed by atoms with Crippen LogP contribution in [0.15, 0.2) is 34.8 Å². The number of halogens is 1. The van der Waals surface area contributed by atoms with E-state index in [2.05, 4.69) is 50.4 Å². The quantitative estimate of drug-likeness (QED) is 0.388. The Morgan fingerprint density at radius 2 is 2.04 bits per heavy atom. The summed E-state index contributed by atoms with van der Waals surface area (Å²) >= 11 is 1.76. The molecule has 1 aliphatic rings. The van der Waals surface area contributed by atoms with Gasteiger partial charge in [-0.1, -0.05) is 19.9 Å². The third kappa shape index (κ3) is 6.03. The highest BCUT2D eigenvalue weighted by molar-refractivity contribution is 14.0. The molecule has 0 aromatic carbocycles. The normalized spacial score (nSPS) is 15.0. The predicted octanol–water partition coefficient (Wildman–Crippen LogP) is 3.22. The maximum Gasteiger partial charge on any atom is 0.193 e. The van der Waals surface area contributed by atoms with Gasteiger partial charge in [0.15, 0.2) is 5.96 Å². The minimum absolute atomic E-state index is 0. The first-order chi connectivity index (χ1) is 12.7. The van der Waals surface area contributed by atoms with Crippen molar-refractivity contribution < 1.29 is 0 Å². The van der Waals surface area contributed by atoms with E-state index >= 15 is 0 Å². The van der Waals surface area contributed by atoms with Gasteiger partial charge in [-0.05, 0) is 12.1 Å². The first-order valence-electron chi connectivity index (χ1n) is 9.23. The lowest BCUT2D eigenvalue weighted by Crippen LogP contribution is -2.53. The summed E-state index contributed by atoms with van der Waals surface area (Å²) in [5.41, 5.74) is 1.17. The van der Waals surface area contributed by atoms with Gasteiger partial charge in [-0.3, -0.25) is 4.99 Å². The number of pyridine rings is 1. The molecule has 1 saturated heterocycles. The maximum atomic E-state index is 4.70. The van der Waals surface area contributed by atoms with Crippen molar-refractivity contribution in [2.75, 3.05) is 44.7 Å². The van der Waals surface area contributed by atoms with Gasteiger partial charge in [0.25, 0.3) is 0 Å². The number of anilines is 1. The van der Waals surface area contributed by atoms with Crippen LogP contribution in [-0.2, 0) is 6.42 Å². The average molecular weight is 500 g/mol. The van der Waals surface area contributed by atoms with E-state index < -0.39 is 0 Å². The standard InChI is InChI=1S/C19H28N6S.HI/c1-15(2)18-23-16(14-26-18)7-9-22-19(20-3)25-12-10-24(11-13-25)17-6-4-5-8-21-17;/h4-6,8,14-15H,7,9-13H2,1-3H3,(H,20,22);1H. The van der Waals surface area contributed by atoms with Crippen molar-refractivity contribution in [3.05, 3.63) is 40.5 Å². The Morgan fingerprint density at radius 3 is 2.63 bits per heavy atom. The van der Waals surface area contributed by atoms with Crippen LogP contribution in [-0.4, -0.2) is 60.6 Å². The highest BCUT2D eigenvalue weighted by atomic mass is 127. The molecule has 0 bridgehead atoms. The van der Waals surface area contributed by atoms with E-state index in [0.717, 1.165) is 50.9 Å². The Bertz CT molecular complexity index is 710. The second-order valence-corrected chi connectivity index (χ2v) is 7.61. The van der Waals surface area contributed by atoms with Crippen molar-refractivity contribution in [3.63, 3.8) is 0 Å². The van der Waals surface area contributed by atoms with Crippen molar-refractivity contribution in [1.29, 1.82) is 0 Å². The molecule has 1 aliphatic heterocycles. The monoisotopic (exact) mass is 500 g/mol. The Balaban J connectivity index is 0.00000261. The van der Waals surface area contributed by atoms with Crippen LogP contribution in [0.2, 0.25) is 0 Å². The zero-order chi connectivity index (χ0) is 18.4. The lowest BCUT2D eigenvalue weighted by molar-refractivity contribution is 0.372. The molecule has 1 fully saturated rings. The molecule has 0 amide bonds. The molecule has 0 atom stereocenters. The molecule has 6 nitrogen and oxygen atoms in total. The molecule has 27 heavy (non-hydrogen) atoms. The topological polar surface area (TPSA) is 56.7 Å². The summed E-state index contributed by atoms with van der Waals surface area (Å²) in [6.07, 6.45) is 2.78. The number of thiazole rings is 1.